The van der Waals surface area contributed by atoms with Crippen LogP contribution in [0.15, 0.2) is 47.0 Å². The van der Waals surface area contributed by atoms with Gasteiger partial charge in [0.15, 0.2) is 11.4 Å². The highest BCUT2D eigenvalue weighted by Gasteiger charge is 2.59. The molecule has 2 fully saturated rings. The molecule has 6 rings (SSSR count). The minimum Gasteiger partial charge on any atom is -0.481 e. The van der Waals surface area contributed by atoms with Gasteiger partial charge in [0.2, 0.25) is 0 Å². The number of piperidine rings is 1. The summed E-state index contributed by atoms with van der Waals surface area (Å²) in [5, 5.41) is 13.6. The Balaban J connectivity index is 1.16. The van der Waals surface area contributed by atoms with E-state index in [9.17, 15) is 9.90 Å². The lowest BCUT2D eigenvalue weighted by atomic mass is 9.79. The summed E-state index contributed by atoms with van der Waals surface area (Å²) in [4.78, 5) is 20.9. The molecule has 0 bridgehead atoms. The molecule has 9 nitrogen and oxygen atoms in total. The van der Waals surface area contributed by atoms with E-state index in [1.54, 1.807) is 29.2 Å². The number of carbonyl (C=O) groups excluding carboxylic acids is 1. The normalized spacial score (nSPS) is 21.6. The molecule has 3 aliphatic rings. The second-order valence-corrected chi connectivity index (χ2v) is 11.4. The van der Waals surface area contributed by atoms with E-state index in [1.165, 1.54) is 0 Å². The van der Waals surface area contributed by atoms with Crippen molar-refractivity contribution in [3.8, 4) is 16.9 Å². The van der Waals surface area contributed by atoms with Gasteiger partial charge in [-0.15, -0.1) is 0 Å². The molecule has 0 unspecified atom stereocenters. The number of halogens is 2. The first-order chi connectivity index (χ1) is 19.7. The average Bonchev–Trinajstić information content (AvgIpc) is 3.48. The summed E-state index contributed by atoms with van der Waals surface area (Å²) in [5.74, 6) is -2.04. The number of hydrogen-bond donors (Lipinski definition) is 1. The van der Waals surface area contributed by atoms with Crippen molar-refractivity contribution < 1.29 is 32.7 Å². The van der Waals surface area contributed by atoms with Crippen LogP contribution in [0.25, 0.3) is 11.1 Å². The molecule has 0 aliphatic carbocycles. The number of morpholine rings is 1. The predicted molar refractivity (Wildman–Crippen MR) is 146 cm³/mol. The van der Waals surface area contributed by atoms with Crippen molar-refractivity contribution in [3.63, 3.8) is 0 Å². The van der Waals surface area contributed by atoms with Crippen molar-refractivity contribution in [1.29, 1.82) is 0 Å². The van der Waals surface area contributed by atoms with E-state index in [0.717, 1.165) is 11.1 Å². The van der Waals surface area contributed by atoms with Gasteiger partial charge in [-0.3, -0.25) is 4.79 Å². The number of aliphatic hydroxyl groups excluding tert-OH is 1. The molecule has 1 spiro atoms. The Kier molecular flexibility index (Phi) is 7.19. The minimum atomic E-state index is -3.06. The van der Waals surface area contributed by atoms with Crippen molar-refractivity contribution in [3.05, 3.63) is 59.4 Å². The summed E-state index contributed by atoms with van der Waals surface area (Å²) in [6.07, 6.45) is -0.142. The third-order valence-electron chi connectivity index (χ3n) is 8.40. The van der Waals surface area contributed by atoms with Crippen LogP contribution in [0, 0.1) is 0 Å². The van der Waals surface area contributed by atoms with Crippen LogP contribution in [-0.2, 0) is 11.2 Å². The van der Waals surface area contributed by atoms with Gasteiger partial charge in [0.1, 0.15) is 5.75 Å². The van der Waals surface area contributed by atoms with Crippen molar-refractivity contribution in [2.75, 3.05) is 44.4 Å². The Bertz CT molecular complexity index is 1400. The number of benzene rings is 2. The van der Waals surface area contributed by atoms with Crippen LogP contribution in [0.3, 0.4) is 0 Å². The van der Waals surface area contributed by atoms with Crippen LogP contribution >= 0.6 is 0 Å². The van der Waals surface area contributed by atoms with Gasteiger partial charge in [0.25, 0.3) is 11.8 Å². The van der Waals surface area contributed by atoms with Crippen LogP contribution in [-0.4, -0.2) is 83.1 Å². The summed E-state index contributed by atoms with van der Waals surface area (Å²) in [6, 6.07) is 12.4. The summed E-state index contributed by atoms with van der Waals surface area (Å²) >= 11 is 0. The second-order valence-electron chi connectivity index (χ2n) is 11.4. The lowest BCUT2D eigenvalue weighted by Gasteiger charge is -2.48. The SMILES string of the molecule is CC(C)c1noc(N2CCC3(CC2)Oc2ccc(-c4ccc(C(=O)N5CCOC[C@H]5CO)cc4)cc2CC3(F)F)n1. The molecule has 3 aromatic rings. The fraction of sp³-hybridized carbons (Fsp3) is 0.500. The van der Waals surface area contributed by atoms with E-state index < -0.39 is 17.9 Å². The van der Waals surface area contributed by atoms with Gasteiger partial charge >= 0.3 is 6.01 Å². The Morgan fingerprint density at radius 3 is 2.51 bits per heavy atom. The Hall–Kier alpha value is -3.57. The standard InChI is InChI=1S/C30H34F2N4O5/c1-19(2)26-33-28(41-34-26)35-11-9-29(10-12-35)30(31,32)16-23-15-22(7-8-25(23)40-29)20-3-5-21(6-4-20)27(38)36-13-14-39-18-24(36)17-37/h3-8,15,19,24,37H,9-14,16-18H2,1-2H3/t24-/m1/s1. The van der Waals surface area contributed by atoms with E-state index in [0.29, 0.717) is 61.6 Å². The first-order valence-electron chi connectivity index (χ1n) is 14.1. The maximum atomic E-state index is 15.7. The largest absolute Gasteiger partial charge is 0.481 e. The molecule has 2 aromatic carbocycles. The smallest absolute Gasteiger partial charge is 0.324 e. The van der Waals surface area contributed by atoms with Crippen LogP contribution in [0.1, 0.15) is 54.4 Å². The number of ether oxygens (including phenoxy) is 2. The number of hydrogen-bond acceptors (Lipinski definition) is 8. The monoisotopic (exact) mass is 568 g/mol. The van der Waals surface area contributed by atoms with E-state index >= 15 is 8.78 Å². The highest BCUT2D eigenvalue weighted by atomic mass is 19.3. The number of aromatic nitrogens is 2. The highest BCUT2D eigenvalue weighted by molar-refractivity contribution is 5.95. The van der Waals surface area contributed by atoms with Crippen molar-refractivity contribution in [2.45, 2.75) is 56.6 Å². The Morgan fingerprint density at radius 2 is 1.83 bits per heavy atom. The Labute approximate surface area is 237 Å². The first-order valence-corrected chi connectivity index (χ1v) is 14.1. The molecule has 1 atom stereocenters. The molecule has 3 aliphatic heterocycles. The van der Waals surface area contributed by atoms with E-state index in [4.69, 9.17) is 14.0 Å². The number of aliphatic hydroxyl groups is 1. The minimum absolute atomic E-state index is 0.117. The van der Waals surface area contributed by atoms with Crippen molar-refractivity contribution in [2.24, 2.45) is 0 Å². The molecular formula is C30H34F2N4O5. The number of amides is 1. The van der Waals surface area contributed by atoms with Crippen LogP contribution < -0.4 is 9.64 Å². The summed E-state index contributed by atoms with van der Waals surface area (Å²) in [6.45, 7) is 5.59. The van der Waals surface area contributed by atoms with E-state index in [1.807, 2.05) is 36.9 Å². The quantitative estimate of drug-likeness (QED) is 0.486. The maximum absolute atomic E-state index is 15.7. The Morgan fingerprint density at radius 1 is 1.10 bits per heavy atom. The van der Waals surface area contributed by atoms with Gasteiger partial charge in [0, 0.05) is 55.9 Å². The van der Waals surface area contributed by atoms with Gasteiger partial charge in [-0.2, -0.15) is 4.98 Å². The molecule has 11 heteroatoms. The zero-order valence-electron chi connectivity index (χ0n) is 23.2. The highest BCUT2D eigenvalue weighted by Crippen LogP contribution is 2.49. The van der Waals surface area contributed by atoms with Crippen LogP contribution in [0.5, 0.6) is 5.75 Å². The molecule has 4 heterocycles. The van der Waals surface area contributed by atoms with Crippen molar-refractivity contribution in [1.82, 2.24) is 15.0 Å². The third-order valence-corrected chi connectivity index (χ3v) is 8.40. The zero-order chi connectivity index (χ0) is 28.8. The first kappa shape index (κ1) is 27.6. The maximum Gasteiger partial charge on any atom is 0.324 e. The van der Waals surface area contributed by atoms with Crippen LogP contribution in [0.4, 0.5) is 14.8 Å². The third kappa shape index (κ3) is 5.05. The second kappa shape index (κ2) is 10.7. The molecule has 41 heavy (non-hydrogen) atoms. The van der Waals surface area contributed by atoms with Gasteiger partial charge in [-0.05, 0) is 35.4 Å². The number of nitrogens with zero attached hydrogens (tertiary/aromatic N) is 4. The summed E-state index contributed by atoms with van der Waals surface area (Å²) < 4.78 is 48.3. The van der Waals surface area contributed by atoms with Gasteiger partial charge in [0.05, 0.1) is 25.9 Å². The molecule has 2 saturated heterocycles. The topological polar surface area (TPSA) is 101 Å². The molecule has 218 valence electrons. The van der Waals surface area contributed by atoms with Crippen LogP contribution in [0.2, 0.25) is 0 Å². The van der Waals surface area contributed by atoms with E-state index in [-0.39, 0.29) is 37.3 Å². The fourth-order valence-electron chi connectivity index (χ4n) is 5.84. The molecule has 1 amide bonds. The number of rotatable bonds is 5. The number of alkyl halides is 2. The van der Waals surface area contributed by atoms with Crippen molar-refractivity contribution >= 4 is 11.9 Å². The summed E-state index contributed by atoms with van der Waals surface area (Å²) in [7, 11) is 0. The fourth-order valence-corrected chi connectivity index (χ4v) is 5.84. The predicted octanol–water partition coefficient (Wildman–Crippen LogP) is 4.30. The zero-order valence-corrected chi connectivity index (χ0v) is 23.2. The number of carbonyl (C=O) groups is 1. The van der Waals surface area contributed by atoms with E-state index in [2.05, 4.69) is 10.1 Å². The summed E-state index contributed by atoms with van der Waals surface area (Å²) in [5.41, 5.74) is 0.939. The molecule has 1 aromatic heterocycles. The molecule has 1 N–H and O–H groups in total. The number of fused-ring (bicyclic) bond motifs is 1. The molecule has 0 radical (unpaired) electrons. The molecular weight excluding hydrogens is 534 g/mol. The lowest BCUT2D eigenvalue weighted by Crippen LogP contribution is -2.61. The average molecular weight is 569 g/mol. The lowest BCUT2D eigenvalue weighted by molar-refractivity contribution is -0.185. The number of anilines is 1. The van der Waals surface area contributed by atoms with Gasteiger partial charge in [-0.1, -0.05) is 37.2 Å². The van der Waals surface area contributed by atoms with Gasteiger partial charge in [-0.25, -0.2) is 8.78 Å². The van der Waals surface area contributed by atoms with Gasteiger partial charge < -0.3 is 28.9 Å². The molecule has 0 saturated carbocycles.